The van der Waals surface area contributed by atoms with E-state index in [0.29, 0.717) is 29.6 Å². The lowest BCUT2D eigenvalue weighted by Gasteiger charge is -2.19. The fourth-order valence-electron chi connectivity index (χ4n) is 3.05. The number of halogens is 3. The number of rotatable bonds is 7. The van der Waals surface area contributed by atoms with E-state index in [2.05, 4.69) is 26.4 Å². The van der Waals surface area contributed by atoms with E-state index in [9.17, 15) is 18.0 Å². The fraction of sp³-hybridized carbons (Fsp3) is 0.273. The molecular weight excluding hydrogens is 441 g/mol. The number of hydrogen-bond donors (Lipinski definition) is 0. The first-order chi connectivity index (χ1) is 15.7. The van der Waals surface area contributed by atoms with Crippen LogP contribution >= 0.6 is 0 Å². The van der Waals surface area contributed by atoms with Gasteiger partial charge in [0.15, 0.2) is 5.82 Å². The maximum absolute atomic E-state index is 13.3. The van der Waals surface area contributed by atoms with Gasteiger partial charge in [0.1, 0.15) is 18.1 Å². The normalized spacial score (nSPS) is 15.1. The fourth-order valence-corrected chi connectivity index (χ4v) is 3.05. The third-order valence-corrected chi connectivity index (χ3v) is 4.63. The molecule has 1 aliphatic rings. The summed E-state index contributed by atoms with van der Waals surface area (Å²) in [6, 6.07) is 6.69. The van der Waals surface area contributed by atoms with Gasteiger partial charge in [-0.2, -0.15) is 4.98 Å². The molecule has 0 unspecified atom stereocenters. The predicted molar refractivity (Wildman–Crippen MR) is 113 cm³/mol. The molecule has 3 rings (SSSR count). The summed E-state index contributed by atoms with van der Waals surface area (Å²) in [5.74, 6) is 0.444. The van der Waals surface area contributed by atoms with Crippen LogP contribution in [-0.4, -0.2) is 54.1 Å². The molecule has 0 saturated carbocycles. The van der Waals surface area contributed by atoms with E-state index < -0.39 is 6.36 Å². The predicted octanol–water partition coefficient (Wildman–Crippen LogP) is 3.76. The lowest BCUT2D eigenvalue weighted by molar-refractivity contribution is -0.274. The largest absolute Gasteiger partial charge is 0.573 e. The van der Waals surface area contributed by atoms with E-state index in [1.807, 2.05) is 0 Å². The highest BCUT2D eigenvalue weighted by atomic mass is 19.4. The van der Waals surface area contributed by atoms with E-state index in [1.165, 1.54) is 36.4 Å². The van der Waals surface area contributed by atoms with Gasteiger partial charge in [-0.25, -0.2) is 4.98 Å². The highest BCUT2D eigenvalue weighted by molar-refractivity contribution is 5.99. The van der Waals surface area contributed by atoms with E-state index in [0.717, 1.165) is 12.1 Å². The Bertz CT molecular complexity index is 1080. The van der Waals surface area contributed by atoms with Gasteiger partial charge in [0.05, 0.1) is 31.5 Å². The lowest BCUT2D eigenvalue weighted by Crippen LogP contribution is -2.33. The maximum Gasteiger partial charge on any atom is 0.573 e. The van der Waals surface area contributed by atoms with Crippen LogP contribution in [0.1, 0.15) is 18.3 Å². The summed E-state index contributed by atoms with van der Waals surface area (Å²) in [5.41, 5.74) is 0.951. The monoisotopic (exact) mass is 462 g/mol. The molecule has 11 heteroatoms. The standard InChI is InChI=1S/C22H21F3N4O4/c1-14-17(12-18(26-2)15-4-6-16(7-5-15)33-22(23,24)25)21(30)29(10-11-32-14)13-19-27-9-8-20(28-19)31-3/h4-9,12H,2,10-11,13H2,1,3H3/b18-12-. The number of ether oxygens (including phenoxy) is 3. The molecule has 0 fully saturated rings. The van der Waals surface area contributed by atoms with Gasteiger partial charge in [-0.15, -0.1) is 13.2 Å². The summed E-state index contributed by atoms with van der Waals surface area (Å²) < 4.78 is 51.8. The zero-order valence-corrected chi connectivity index (χ0v) is 17.9. The van der Waals surface area contributed by atoms with Crippen LogP contribution in [0.2, 0.25) is 0 Å². The first-order valence-electron chi connectivity index (χ1n) is 9.73. The summed E-state index contributed by atoms with van der Waals surface area (Å²) in [6.07, 6.45) is -1.78. The molecule has 0 bridgehead atoms. The maximum atomic E-state index is 13.3. The van der Waals surface area contributed by atoms with Crippen molar-refractivity contribution >= 4 is 18.3 Å². The van der Waals surface area contributed by atoms with Crippen molar-refractivity contribution in [3.05, 3.63) is 65.3 Å². The highest BCUT2D eigenvalue weighted by Crippen LogP contribution is 2.27. The van der Waals surface area contributed by atoms with Crippen molar-refractivity contribution in [3.63, 3.8) is 0 Å². The molecule has 1 aromatic heterocycles. The number of amides is 1. The van der Waals surface area contributed by atoms with Gasteiger partial charge in [-0.1, -0.05) is 0 Å². The molecular formula is C22H21F3N4O4. The van der Waals surface area contributed by atoms with Crippen molar-refractivity contribution in [1.29, 1.82) is 0 Å². The van der Waals surface area contributed by atoms with Crippen LogP contribution in [0, 0.1) is 0 Å². The third-order valence-electron chi connectivity index (χ3n) is 4.63. The van der Waals surface area contributed by atoms with Crippen molar-refractivity contribution in [2.24, 2.45) is 4.99 Å². The molecule has 1 aliphatic heterocycles. The van der Waals surface area contributed by atoms with Crippen LogP contribution in [0.4, 0.5) is 13.2 Å². The molecule has 1 amide bonds. The molecule has 33 heavy (non-hydrogen) atoms. The smallest absolute Gasteiger partial charge is 0.496 e. The van der Waals surface area contributed by atoms with Crippen LogP contribution in [0.25, 0.3) is 5.70 Å². The number of methoxy groups -OCH3 is 1. The second-order valence-corrected chi connectivity index (χ2v) is 6.82. The van der Waals surface area contributed by atoms with Gasteiger partial charge in [0, 0.05) is 17.8 Å². The topological polar surface area (TPSA) is 86.1 Å². The Morgan fingerprint density at radius 1 is 1.30 bits per heavy atom. The Morgan fingerprint density at radius 2 is 2.03 bits per heavy atom. The van der Waals surface area contributed by atoms with Crippen molar-refractivity contribution in [3.8, 4) is 11.6 Å². The third kappa shape index (κ3) is 6.31. The second kappa shape index (κ2) is 10.2. The molecule has 0 N–H and O–H groups in total. The lowest BCUT2D eigenvalue weighted by atomic mass is 10.1. The minimum Gasteiger partial charge on any atom is -0.496 e. The number of alkyl halides is 3. The average molecular weight is 462 g/mol. The number of benzene rings is 1. The van der Waals surface area contributed by atoms with Crippen molar-refractivity contribution < 1.29 is 32.2 Å². The Labute approximate surface area is 188 Å². The molecule has 2 aromatic rings. The number of nitrogens with zero attached hydrogens (tertiary/aromatic N) is 4. The van der Waals surface area contributed by atoms with Crippen molar-refractivity contribution in [1.82, 2.24) is 14.9 Å². The molecule has 0 saturated heterocycles. The van der Waals surface area contributed by atoms with E-state index in [4.69, 9.17) is 9.47 Å². The second-order valence-electron chi connectivity index (χ2n) is 6.82. The van der Waals surface area contributed by atoms with E-state index in [-0.39, 0.29) is 36.1 Å². The minimum absolute atomic E-state index is 0.129. The van der Waals surface area contributed by atoms with Gasteiger partial charge in [0.25, 0.3) is 5.91 Å². The SMILES string of the molecule is C=N/C(=C\C1=C(C)OCCN(Cc2nccc(OC)n2)C1=O)c1ccc(OC(F)(F)F)cc1. The zero-order chi connectivity index (χ0) is 24.0. The van der Waals surface area contributed by atoms with Crippen LogP contribution < -0.4 is 9.47 Å². The van der Waals surface area contributed by atoms with Gasteiger partial charge in [-0.3, -0.25) is 9.79 Å². The summed E-state index contributed by atoms with van der Waals surface area (Å²) in [6.45, 7) is 5.85. The molecule has 0 atom stereocenters. The minimum atomic E-state index is -4.79. The quantitative estimate of drug-likeness (QED) is 0.583. The van der Waals surface area contributed by atoms with Gasteiger partial charge < -0.3 is 19.1 Å². The number of aromatic nitrogens is 2. The van der Waals surface area contributed by atoms with Gasteiger partial charge in [0.2, 0.25) is 5.88 Å². The Morgan fingerprint density at radius 3 is 2.67 bits per heavy atom. The number of hydrogen-bond acceptors (Lipinski definition) is 7. The summed E-state index contributed by atoms with van der Waals surface area (Å²) in [7, 11) is 1.48. The van der Waals surface area contributed by atoms with E-state index in [1.54, 1.807) is 13.0 Å². The summed E-state index contributed by atoms with van der Waals surface area (Å²) in [4.78, 5) is 27.1. The van der Waals surface area contributed by atoms with Crippen LogP contribution in [-0.2, 0) is 16.1 Å². The molecule has 2 heterocycles. The van der Waals surface area contributed by atoms with Crippen LogP contribution in [0.15, 0.2) is 58.9 Å². The number of aliphatic imine (C=N–C) groups is 1. The van der Waals surface area contributed by atoms with Crippen molar-refractivity contribution in [2.75, 3.05) is 20.3 Å². The molecule has 8 nitrogen and oxygen atoms in total. The molecule has 1 aromatic carbocycles. The van der Waals surface area contributed by atoms with Gasteiger partial charge in [-0.05, 0) is 44.0 Å². The molecule has 174 valence electrons. The average Bonchev–Trinajstić information content (AvgIpc) is 2.90. The Balaban J connectivity index is 1.86. The van der Waals surface area contributed by atoms with Crippen LogP contribution in [0.5, 0.6) is 11.6 Å². The Kier molecular flexibility index (Phi) is 7.31. The molecule has 0 radical (unpaired) electrons. The van der Waals surface area contributed by atoms with Gasteiger partial charge >= 0.3 is 6.36 Å². The summed E-state index contributed by atoms with van der Waals surface area (Å²) >= 11 is 0. The highest BCUT2D eigenvalue weighted by Gasteiger charge is 2.31. The zero-order valence-electron chi connectivity index (χ0n) is 17.9. The first kappa shape index (κ1) is 23.8. The number of carbonyl (C=O) groups excluding carboxylic acids is 1. The van der Waals surface area contributed by atoms with Crippen molar-refractivity contribution in [2.45, 2.75) is 19.8 Å². The number of carbonyl (C=O) groups is 1. The molecule has 0 spiro atoms. The molecule has 0 aliphatic carbocycles. The Hall–Kier alpha value is -3.89. The van der Waals surface area contributed by atoms with Crippen LogP contribution in [0.3, 0.4) is 0 Å². The first-order valence-corrected chi connectivity index (χ1v) is 9.73. The summed E-state index contributed by atoms with van der Waals surface area (Å²) in [5, 5.41) is 0. The van der Waals surface area contributed by atoms with E-state index >= 15 is 0 Å². The number of allylic oxidation sites excluding steroid dienone is 1.